The van der Waals surface area contributed by atoms with E-state index in [4.69, 9.17) is 0 Å². The van der Waals surface area contributed by atoms with Gasteiger partial charge in [0.2, 0.25) is 10.0 Å². The average molecular weight is 388 g/mol. The fourth-order valence-corrected chi connectivity index (χ4v) is 4.60. The van der Waals surface area contributed by atoms with Crippen LogP contribution in [0.3, 0.4) is 0 Å². The van der Waals surface area contributed by atoms with Gasteiger partial charge in [-0.25, -0.2) is 8.42 Å². The average Bonchev–Trinajstić information content (AvgIpc) is 2.64. The Morgan fingerprint density at radius 3 is 2.26 bits per heavy atom. The van der Waals surface area contributed by atoms with Gasteiger partial charge in [0.05, 0.1) is 17.5 Å². The molecule has 0 fully saturated rings. The molecule has 0 spiro atoms. The van der Waals surface area contributed by atoms with Crippen molar-refractivity contribution < 1.29 is 13.5 Å². The maximum absolute atomic E-state index is 13.3. The second kappa shape index (κ2) is 9.83. The Bertz CT molecular complexity index is 839. The van der Waals surface area contributed by atoms with E-state index < -0.39 is 16.1 Å². The molecule has 0 bridgehead atoms. The lowest BCUT2D eigenvalue weighted by Gasteiger charge is -2.30. The quantitative estimate of drug-likeness (QED) is 0.663. The third kappa shape index (κ3) is 6.03. The number of aryl methyl sites for hydroxylation is 1. The Labute approximate surface area is 163 Å². The Morgan fingerprint density at radius 1 is 1.07 bits per heavy atom. The zero-order valence-electron chi connectivity index (χ0n) is 16.3. The van der Waals surface area contributed by atoms with Crippen molar-refractivity contribution in [1.82, 2.24) is 4.31 Å². The maximum atomic E-state index is 13.3. The van der Waals surface area contributed by atoms with E-state index in [9.17, 15) is 13.5 Å². The summed E-state index contributed by atoms with van der Waals surface area (Å²) in [5.41, 5.74) is 3.15. The molecule has 0 saturated carbocycles. The summed E-state index contributed by atoms with van der Waals surface area (Å²) < 4.78 is 28.1. The molecule has 0 aromatic heterocycles. The lowest BCUT2D eigenvalue weighted by molar-refractivity contribution is 0.187. The zero-order chi connectivity index (χ0) is 19.9. The van der Waals surface area contributed by atoms with Gasteiger partial charge < -0.3 is 5.11 Å². The van der Waals surface area contributed by atoms with Crippen molar-refractivity contribution in [3.05, 3.63) is 77.4 Å². The van der Waals surface area contributed by atoms with E-state index in [2.05, 4.69) is 0 Å². The molecule has 0 aliphatic rings. The van der Waals surface area contributed by atoms with Gasteiger partial charge in [0.15, 0.2) is 0 Å². The summed E-state index contributed by atoms with van der Waals surface area (Å²) in [6, 6.07) is 16.0. The van der Waals surface area contributed by atoms with Crippen molar-refractivity contribution in [2.24, 2.45) is 0 Å². The first-order valence-electron chi connectivity index (χ1n) is 9.21. The van der Waals surface area contributed by atoms with Crippen LogP contribution in [0.5, 0.6) is 0 Å². The SMILES string of the molecule is CC(C)=CCCN([C@H](CO)Cc1ccccc1)S(=O)(=O)c1ccc(C)cc1. The molecular weight excluding hydrogens is 358 g/mol. The van der Waals surface area contributed by atoms with Crippen molar-refractivity contribution in [1.29, 1.82) is 0 Å². The molecular formula is C22H29NO3S. The van der Waals surface area contributed by atoms with Crippen LogP contribution in [0.2, 0.25) is 0 Å². The fraction of sp³-hybridized carbons (Fsp3) is 0.364. The van der Waals surface area contributed by atoms with Gasteiger partial charge in [-0.15, -0.1) is 0 Å². The number of benzene rings is 2. The molecule has 5 heteroatoms. The first kappa shape index (κ1) is 21.4. The monoisotopic (exact) mass is 387 g/mol. The highest BCUT2D eigenvalue weighted by Crippen LogP contribution is 2.21. The van der Waals surface area contributed by atoms with Crippen molar-refractivity contribution in [3.8, 4) is 0 Å². The van der Waals surface area contributed by atoms with Crippen LogP contribution >= 0.6 is 0 Å². The highest BCUT2D eigenvalue weighted by molar-refractivity contribution is 7.89. The van der Waals surface area contributed by atoms with Crippen LogP contribution in [0.4, 0.5) is 0 Å². The van der Waals surface area contributed by atoms with Crippen LogP contribution in [0.15, 0.2) is 71.1 Å². The van der Waals surface area contributed by atoms with Gasteiger partial charge in [0.1, 0.15) is 0 Å². The topological polar surface area (TPSA) is 57.6 Å². The van der Waals surface area contributed by atoms with Gasteiger partial charge >= 0.3 is 0 Å². The molecule has 27 heavy (non-hydrogen) atoms. The number of aliphatic hydroxyl groups excluding tert-OH is 1. The molecule has 0 radical (unpaired) electrons. The van der Waals surface area contributed by atoms with Gasteiger partial charge in [-0.05, 0) is 51.3 Å². The molecule has 4 nitrogen and oxygen atoms in total. The molecule has 2 rings (SSSR count). The van der Waals surface area contributed by atoms with Crippen LogP contribution in [-0.2, 0) is 16.4 Å². The number of rotatable bonds is 9. The lowest BCUT2D eigenvalue weighted by atomic mass is 10.1. The molecule has 0 amide bonds. The minimum Gasteiger partial charge on any atom is -0.395 e. The minimum atomic E-state index is -3.70. The van der Waals surface area contributed by atoms with Crippen molar-refractivity contribution in [3.63, 3.8) is 0 Å². The number of nitrogens with zero attached hydrogens (tertiary/aromatic N) is 1. The predicted octanol–water partition coefficient (Wildman–Crippen LogP) is 3.95. The lowest BCUT2D eigenvalue weighted by Crippen LogP contribution is -2.44. The number of aliphatic hydroxyl groups is 1. The molecule has 0 unspecified atom stereocenters. The predicted molar refractivity (Wildman–Crippen MR) is 110 cm³/mol. The highest BCUT2D eigenvalue weighted by Gasteiger charge is 2.30. The Hall–Kier alpha value is -1.95. The zero-order valence-corrected chi connectivity index (χ0v) is 17.1. The highest BCUT2D eigenvalue weighted by atomic mass is 32.2. The normalized spacial score (nSPS) is 12.8. The molecule has 1 N–H and O–H groups in total. The maximum Gasteiger partial charge on any atom is 0.243 e. The van der Waals surface area contributed by atoms with E-state index in [0.717, 1.165) is 16.7 Å². The molecule has 1 atom stereocenters. The second-order valence-corrected chi connectivity index (χ2v) is 8.92. The molecule has 0 aliphatic carbocycles. The summed E-state index contributed by atoms with van der Waals surface area (Å²) in [7, 11) is -3.70. The number of sulfonamides is 1. The summed E-state index contributed by atoms with van der Waals surface area (Å²) in [6.45, 7) is 6.02. The van der Waals surface area contributed by atoms with Crippen molar-refractivity contribution >= 4 is 10.0 Å². The standard InChI is InChI=1S/C22H29NO3S/c1-18(2)8-7-15-23(21(17-24)16-20-9-5-4-6-10-20)27(25,26)22-13-11-19(3)12-14-22/h4-6,8-14,21,24H,7,15-17H2,1-3H3/t21-/m0/s1. The Kier molecular flexibility index (Phi) is 7.78. The Morgan fingerprint density at radius 2 is 1.70 bits per heavy atom. The number of hydrogen-bond donors (Lipinski definition) is 1. The van der Waals surface area contributed by atoms with E-state index in [1.165, 1.54) is 4.31 Å². The third-order valence-corrected chi connectivity index (χ3v) is 6.43. The van der Waals surface area contributed by atoms with Crippen LogP contribution < -0.4 is 0 Å². The van der Waals surface area contributed by atoms with Gasteiger partial charge in [0.25, 0.3) is 0 Å². The summed E-state index contributed by atoms with van der Waals surface area (Å²) in [5, 5.41) is 10.00. The molecule has 2 aromatic rings. The largest absolute Gasteiger partial charge is 0.395 e. The minimum absolute atomic E-state index is 0.227. The second-order valence-electron chi connectivity index (χ2n) is 7.03. The molecule has 0 saturated heterocycles. The van der Waals surface area contributed by atoms with Gasteiger partial charge in [-0.2, -0.15) is 4.31 Å². The summed E-state index contributed by atoms with van der Waals surface area (Å²) in [5.74, 6) is 0. The van der Waals surface area contributed by atoms with Crippen LogP contribution in [0, 0.1) is 6.92 Å². The van der Waals surface area contributed by atoms with Gasteiger partial charge in [0, 0.05) is 6.54 Å². The Balaban J connectivity index is 2.35. The summed E-state index contributed by atoms with van der Waals surface area (Å²) in [4.78, 5) is 0.261. The smallest absolute Gasteiger partial charge is 0.243 e. The van der Waals surface area contributed by atoms with E-state index in [1.807, 2.05) is 57.2 Å². The summed E-state index contributed by atoms with van der Waals surface area (Å²) >= 11 is 0. The molecule has 2 aromatic carbocycles. The van der Waals surface area contributed by atoms with Crippen LogP contribution in [-0.4, -0.2) is 37.0 Å². The van der Waals surface area contributed by atoms with Gasteiger partial charge in [-0.1, -0.05) is 59.7 Å². The fourth-order valence-electron chi connectivity index (χ4n) is 2.97. The number of allylic oxidation sites excluding steroid dienone is 1. The molecule has 0 aliphatic heterocycles. The summed E-state index contributed by atoms with van der Waals surface area (Å²) in [6.07, 6.45) is 3.10. The first-order valence-corrected chi connectivity index (χ1v) is 10.6. The van der Waals surface area contributed by atoms with Crippen molar-refractivity contribution in [2.75, 3.05) is 13.2 Å². The molecule has 0 heterocycles. The number of hydrogen-bond acceptors (Lipinski definition) is 3. The van der Waals surface area contributed by atoms with E-state index in [-0.39, 0.29) is 11.5 Å². The van der Waals surface area contributed by atoms with E-state index >= 15 is 0 Å². The van der Waals surface area contributed by atoms with Crippen LogP contribution in [0.1, 0.15) is 31.4 Å². The van der Waals surface area contributed by atoms with Crippen molar-refractivity contribution in [2.45, 2.75) is 44.6 Å². The molecule has 146 valence electrons. The van der Waals surface area contributed by atoms with Gasteiger partial charge in [-0.3, -0.25) is 0 Å². The van der Waals surface area contributed by atoms with E-state index in [0.29, 0.717) is 19.4 Å². The van der Waals surface area contributed by atoms with E-state index in [1.54, 1.807) is 24.3 Å². The van der Waals surface area contributed by atoms with Crippen LogP contribution in [0.25, 0.3) is 0 Å². The first-order chi connectivity index (χ1) is 12.8. The third-order valence-electron chi connectivity index (χ3n) is 4.46.